The highest BCUT2D eigenvalue weighted by Crippen LogP contribution is 2.10. The van der Waals surface area contributed by atoms with Crippen LogP contribution in [0.15, 0.2) is 54.6 Å². The minimum atomic E-state index is -3.49. The average Bonchev–Trinajstić information content (AvgIpc) is 2.61. The molecule has 0 bridgehead atoms. The number of nitrogens with zero attached hydrogens (tertiary/aromatic N) is 1. The maximum Gasteiger partial charge on any atom is 0.235 e. The van der Waals surface area contributed by atoms with Gasteiger partial charge < -0.3 is 5.32 Å². The van der Waals surface area contributed by atoms with E-state index in [4.69, 9.17) is 0 Å². The Morgan fingerprint density at radius 2 is 1.67 bits per heavy atom. The lowest BCUT2D eigenvalue weighted by Crippen LogP contribution is -2.42. The first-order valence-electron chi connectivity index (χ1n) is 9.08. The summed E-state index contributed by atoms with van der Waals surface area (Å²) in [4.78, 5) is 12.3. The number of rotatable bonds is 9. The summed E-state index contributed by atoms with van der Waals surface area (Å²) < 4.78 is 25.4. The van der Waals surface area contributed by atoms with Crippen LogP contribution in [-0.4, -0.2) is 37.5 Å². The Bertz CT molecular complexity index is 833. The molecule has 0 fully saturated rings. The van der Waals surface area contributed by atoms with E-state index < -0.39 is 10.0 Å². The Balaban J connectivity index is 1.90. The Kier molecular flexibility index (Phi) is 7.56. The number of sulfonamides is 1. The lowest BCUT2D eigenvalue weighted by Gasteiger charge is -2.21. The molecule has 0 spiro atoms. The first kappa shape index (κ1) is 21.1. The highest BCUT2D eigenvalue weighted by molar-refractivity contribution is 7.88. The van der Waals surface area contributed by atoms with Crippen molar-refractivity contribution >= 4 is 15.9 Å². The molecule has 27 heavy (non-hydrogen) atoms. The van der Waals surface area contributed by atoms with Gasteiger partial charge in [0.2, 0.25) is 15.9 Å². The number of nitrogens with one attached hydrogen (secondary N) is 1. The topological polar surface area (TPSA) is 66.5 Å². The zero-order valence-corrected chi connectivity index (χ0v) is 17.0. The normalized spacial score (nSPS) is 12.7. The highest BCUT2D eigenvalue weighted by Gasteiger charge is 2.21. The van der Waals surface area contributed by atoms with Crippen molar-refractivity contribution in [2.45, 2.75) is 39.3 Å². The van der Waals surface area contributed by atoms with Gasteiger partial charge in [-0.15, -0.1) is 0 Å². The Morgan fingerprint density at radius 1 is 1.04 bits per heavy atom. The molecule has 2 aromatic rings. The minimum absolute atomic E-state index is 0.0292. The van der Waals surface area contributed by atoms with Crippen LogP contribution in [0.5, 0.6) is 0 Å². The van der Waals surface area contributed by atoms with Crippen LogP contribution in [0.1, 0.15) is 30.0 Å². The molecule has 0 saturated carbocycles. The number of hydrogen-bond acceptors (Lipinski definition) is 3. The second-order valence-electron chi connectivity index (χ2n) is 7.01. The molecule has 2 aromatic carbocycles. The second-order valence-corrected chi connectivity index (χ2v) is 8.99. The predicted molar refractivity (Wildman–Crippen MR) is 109 cm³/mol. The van der Waals surface area contributed by atoms with Crippen LogP contribution in [0.25, 0.3) is 0 Å². The van der Waals surface area contributed by atoms with Crippen molar-refractivity contribution in [1.82, 2.24) is 9.62 Å². The van der Waals surface area contributed by atoms with Gasteiger partial charge in [-0.3, -0.25) is 4.79 Å². The van der Waals surface area contributed by atoms with Crippen LogP contribution < -0.4 is 5.32 Å². The summed E-state index contributed by atoms with van der Waals surface area (Å²) in [5.74, 6) is -0.284. The van der Waals surface area contributed by atoms with Crippen LogP contribution in [0.3, 0.4) is 0 Å². The summed E-state index contributed by atoms with van der Waals surface area (Å²) in [7, 11) is -3.49. The number of amides is 1. The SMILES string of the molecule is Cc1ccc(CN(CC(=O)N[C@@H](C)CCc2ccccc2)S(C)(=O)=O)cc1. The van der Waals surface area contributed by atoms with E-state index in [0.717, 1.165) is 30.2 Å². The predicted octanol–water partition coefficient (Wildman–Crippen LogP) is 2.89. The molecule has 0 aliphatic rings. The molecule has 0 unspecified atom stereocenters. The van der Waals surface area contributed by atoms with Gasteiger partial charge in [0.25, 0.3) is 0 Å². The second kappa shape index (κ2) is 9.67. The largest absolute Gasteiger partial charge is 0.352 e. The quantitative estimate of drug-likeness (QED) is 0.718. The molecule has 1 N–H and O–H groups in total. The van der Waals surface area contributed by atoms with Gasteiger partial charge in [-0.2, -0.15) is 4.31 Å². The van der Waals surface area contributed by atoms with E-state index in [2.05, 4.69) is 17.4 Å². The van der Waals surface area contributed by atoms with E-state index in [-0.39, 0.29) is 25.0 Å². The van der Waals surface area contributed by atoms with Crippen LogP contribution >= 0.6 is 0 Å². The van der Waals surface area contributed by atoms with Gasteiger partial charge in [0.05, 0.1) is 12.8 Å². The smallest absolute Gasteiger partial charge is 0.235 e. The van der Waals surface area contributed by atoms with Crippen molar-refractivity contribution in [2.75, 3.05) is 12.8 Å². The number of carbonyl (C=O) groups excluding carboxylic acids is 1. The van der Waals surface area contributed by atoms with Crippen LogP contribution in [-0.2, 0) is 27.8 Å². The molecule has 6 heteroatoms. The molecule has 0 aliphatic heterocycles. The summed E-state index contributed by atoms with van der Waals surface area (Å²) in [5.41, 5.74) is 3.18. The molecule has 1 amide bonds. The monoisotopic (exact) mass is 388 g/mol. The number of benzene rings is 2. The maximum absolute atomic E-state index is 12.3. The molecule has 146 valence electrons. The Morgan fingerprint density at radius 3 is 2.26 bits per heavy atom. The summed E-state index contributed by atoms with van der Waals surface area (Å²) in [5, 5.41) is 2.90. The highest BCUT2D eigenvalue weighted by atomic mass is 32.2. The van der Waals surface area contributed by atoms with E-state index in [0.29, 0.717) is 0 Å². The summed E-state index contributed by atoms with van der Waals surface area (Å²) in [6.07, 6.45) is 2.79. The fourth-order valence-corrected chi connectivity index (χ4v) is 3.50. The number of aryl methyl sites for hydroxylation is 2. The van der Waals surface area contributed by atoms with Crippen molar-refractivity contribution in [3.8, 4) is 0 Å². The van der Waals surface area contributed by atoms with E-state index in [9.17, 15) is 13.2 Å². The fraction of sp³-hybridized carbons (Fsp3) is 0.381. The zero-order valence-electron chi connectivity index (χ0n) is 16.2. The minimum Gasteiger partial charge on any atom is -0.352 e. The van der Waals surface area contributed by atoms with Crippen molar-refractivity contribution in [3.05, 3.63) is 71.3 Å². The molecular formula is C21H28N2O3S. The van der Waals surface area contributed by atoms with Gasteiger partial charge in [-0.05, 0) is 37.8 Å². The van der Waals surface area contributed by atoms with Crippen LogP contribution in [0.4, 0.5) is 0 Å². The van der Waals surface area contributed by atoms with Gasteiger partial charge >= 0.3 is 0 Å². The first-order valence-corrected chi connectivity index (χ1v) is 10.9. The van der Waals surface area contributed by atoms with E-state index >= 15 is 0 Å². The van der Waals surface area contributed by atoms with Gasteiger partial charge in [0.1, 0.15) is 0 Å². The van der Waals surface area contributed by atoms with Gasteiger partial charge in [-0.1, -0.05) is 60.2 Å². The molecule has 0 saturated heterocycles. The third-order valence-corrected chi connectivity index (χ3v) is 5.58. The zero-order chi connectivity index (χ0) is 19.9. The number of hydrogen-bond donors (Lipinski definition) is 1. The van der Waals surface area contributed by atoms with E-state index in [1.54, 1.807) is 0 Å². The van der Waals surface area contributed by atoms with Gasteiger partial charge in [0, 0.05) is 12.6 Å². The molecule has 2 rings (SSSR count). The van der Waals surface area contributed by atoms with Gasteiger partial charge in [-0.25, -0.2) is 8.42 Å². The first-order chi connectivity index (χ1) is 12.7. The molecule has 0 aromatic heterocycles. The third-order valence-electron chi connectivity index (χ3n) is 4.38. The molecular weight excluding hydrogens is 360 g/mol. The van der Waals surface area contributed by atoms with Crippen molar-refractivity contribution in [2.24, 2.45) is 0 Å². The van der Waals surface area contributed by atoms with E-state index in [1.807, 2.05) is 56.3 Å². The lowest BCUT2D eigenvalue weighted by atomic mass is 10.1. The van der Waals surface area contributed by atoms with E-state index in [1.165, 1.54) is 9.87 Å². The Hall–Kier alpha value is -2.18. The molecule has 1 atom stereocenters. The summed E-state index contributed by atoms with van der Waals surface area (Å²) in [6.45, 7) is 3.92. The van der Waals surface area contributed by atoms with Crippen molar-refractivity contribution in [3.63, 3.8) is 0 Å². The fourth-order valence-electron chi connectivity index (χ4n) is 2.77. The van der Waals surface area contributed by atoms with Gasteiger partial charge in [0.15, 0.2) is 0 Å². The average molecular weight is 389 g/mol. The molecule has 0 radical (unpaired) electrons. The summed E-state index contributed by atoms with van der Waals surface area (Å²) in [6, 6.07) is 17.7. The number of carbonyl (C=O) groups is 1. The lowest BCUT2D eigenvalue weighted by molar-refractivity contribution is -0.122. The van der Waals surface area contributed by atoms with Crippen molar-refractivity contribution in [1.29, 1.82) is 0 Å². The molecule has 5 nitrogen and oxygen atoms in total. The van der Waals surface area contributed by atoms with Crippen LogP contribution in [0.2, 0.25) is 0 Å². The van der Waals surface area contributed by atoms with Crippen LogP contribution in [0, 0.1) is 6.92 Å². The Labute approximate surface area is 162 Å². The molecule has 0 heterocycles. The third kappa shape index (κ3) is 7.53. The maximum atomic E-state index is 12.3. The standard InChI is InChI=1S/C21H28N2O3S/c1-17-9-12-20(13-10-17)15-23(27(3,25)26)16-21(24)22-18(2)11-14-19-7-5-4-6-8-19/h4-10,12-13,18H,11,14-16H2,1-3H3,(H,22,24)/t18-/m0/s1. The van der Waals surface area contributed by atoms with Crippen molar-refractivity contribution < 1.29 is 13.2 Å². The molecule has 0 aliphatic carbocycles. The summed E-state index contributed by atoms with van der Waals surface area (Å²) >= 11 is 0.